The van der Waals surface area contributed by atoms with Crippen LogP contribution in [-0.2, 0) is 0 Å². The molecule has 1 aliphatic heterocycles. The smallest absolute Gasteiger partial charge is 0.257 e. The second-order valence-electron chi connectivity index (χ2n) is 5.05. The quantitative estimate of drug-likeness (QED) is 0.923. The molecular weight excluding hydrogens is 288 g/mol. The third kappa shape index (κ3) is 3.25. The van der Waals surface area contributed by atoms with Gasteiger partial charge in [-0.2, -0.15) is 5.10 Å². The van der Waals surface area contributed by atoms with Crippen LogP contribution in [0.25, 0.3) is 5.69 Å². The van der Waals surface area contributed by atoms with E-state index in [0.717, 1.165) is 38.3 Å². The molecule has 1 fully saturated rings. The first-order chi connectivity index (χ1) is 10.2. The monoisotopic (exact) mass is 304 g/mol. The number of aromatic nitrogens is 2. The highest BCUT2D eigenvalue weighted by Crippen LogP contribution is 2.15. The lowest BCUT2D eigenvalue weighted by atomic mass is 10.3. The minimum absolute atomic E-state index is 0.0342. The summed E-state index contributed by atoms with van der Waals surface area (Å²) in [7, 11) is 0. The van der Waals surface area contributed by atoms with Crippen molar-refractivity contribution in [2.75, 3.05) is 26.2 Å². The van der Waals surface area contributed by atoms with Crippen LogP contribution in [0.2, 0.25) is 5.02 Å². The molecule has 3 rings (SSSR count). The summed E-state index contributed by atoms with van der Waals surface area (Å²) < 4.78 is 1.68. The van der Waals surface area contributed by atoms with Crippen molar-refractivity contribution in [1.82, 2.24) is 20.0 Å². The van der Waals surface area contributed by atoms with Crippen molar-refractivity contribution in [1.29, 1.82) is 0 Å². The van der Waals surface area contributed by atoms with Crippen LogP contribution in [0.4, 0.5) is 0 Å². The molecule has 0 saturated carbocycles. The van der Waals surface area contributed by atoms with Gasteiger partial charge in [0.15, 0.2) is 0 Å². The predicted molar refractivity (Wildman–Crippen MR) is 82.0 cm³/mol. The molecule has 1 amide bonds. The maximum atomic E-state index is 12.5. The van der Waals surface area contributed by atoms with E-state index in [0.29, 0.717) is 10.6 Å². The molecular formula is C15H17ClN4O. The Morgan fingerprint density at radius 3 is 3.05 bits per heavy atom. The van der Waals surface area contributed by atoms with E-state index in [1.165, 1.54) is 0 Å². The van der Waals surface area contributed by atoms with Crippen LogP contribution in [-0.4, -0.2) is 46.8 Å². The molecule has 0 bridgehead atoms. The Balaban J connectivity index is 1.79. The van der Waals surface area contributed by atoms with Crippen molar-refractivity contribution in [3.05, 3.63) is 47.2 Å². The highest BCUT2D eigenvalue weighted by Gasteiger charge is 2.18. The zero-order chi connectivity index (χ0) is 14.7. The Hall–Kier alpha value is -1.85. The minimum Gasteiger partial charge on any atom is -0.337 e. The summed E-state index contributed by atoms with van der Waals surface area (Å²) in [5.74, 6) is 0.0342. The molecule has 0 aliphatic carbocycles. The van der Waals surface area contributed by atoms with Crippen LogP contribution in [0.15, 0.2) is 36.7 Å². The molecule has 1 N–H and O–H groups in total. The van der Waals surface area contributed by atoms with Gasteiger partial charge in [0.05, 0.1) is 17.4 Å². The van der Waals surface area contributed by atoms with Gasteiger partial charge in [-0.25, -0.2) is 4.68 Å². The number of nitrogens with zero attached hydrogens (tertiary/aromatic N) is 3. The number of carbonyl (C=O) groups is 1. The van der Waals surface area contributed by atoms with E-state index in [-0.39, 0.29) is 5.91 Å². The second kappa shape index (κ2) is 6.28. The average molecular weight is 305 g/mol. The molecule has 1 aromatic heterocycles. The van der Waals surface area contributed by atoms with E-state index in [4.69, 9.17) is 11.6 Å². The van der Waals surface area contributed by atoms with E-state index >= 15 is 0 Å². The first kappa shape index (κ1) is 14.1. The molecule has 0 spiro atoms. The van der Waals surface area contributed by atoms with Crippen LogP contribution in [0, 0.1) is 0 Å². The standard InChI is InChI=1S/C15H17ClN4O/c16-13-3-1-4-14(9-13)20-11-12(10-18-20)15(21)19-7-2-5-17-6-8-19/h1,3-4,9-11,17H,2,5-8H2. The van der Waals surface area contributed by atoms with Crippen molar-refractivity contribution in [2.45, 2.75) is 6.42 Å². The topological polar surface area (TPSA) is 50.2 Å². The molecule has 2 heterocycles. The fourth-order valence-corrected chi connectivity index (χ4v) is 2.61. The first-order valence-electron chi connectivity index (χ1n) is 7.04. The summed E-state index contributed by atoms with van der Waals surface area (Å²) in [4.78, 5) is 14.4. The Bertz CT molecular complexity index is 632. The molecule has 2 aromatic rings. The van der Waals surface area contributed by atoms with E-state index in [1.807, 2.05) is 29.2 Å². The second-order valence-corrected chi connectivity index (χ2v) is 5.49. The van der Waals surface area contributed by atoms with Gasteiger partial charge in [-0.3, -0.25) is 4.79 Å². The van der Waals surface area contributed by atoms with Crippen molar-refractivity contribution >= 4 is 17.5 Å². The van der Waals surface area contributed by atoms with Crippen molar-refractivity contribution in [3.8, 4) is 5.69 Å². The lowest BCUT2D eigenvalue weighted by molar-refractivity contribution is 0.0766. The number of amides is 1. The summed E-state index contributed by atoms with van der Waals surface area (Å²) in [6.45, 7) is 3.33. The van der Waals surface area contributed by atoms with Gasteiger partial charge in [-0.05, 0) is 31.2 Å². The van der Waals surface area contributed by atoms with Gasteiger partial charge in [0, 0.05) is 30.9 Å². The molecule has 5 nitrogen and oxygen atoms in total. The molecule has 6 heteroatoms. The Morgan fingerprint density at radius 2 is 2.19 bits per heavy atom. The number of nitrogens with one attached hydrogen (secondary N) is 1. The van der Waals surface area contributed by atoms with Gasteiger partial charge in [-0.15, -0.1) is 0 Å². The molecule has 1 aromatic carbocycles. The van der Waals surface area contributed by atoms with Crippen LogP contribution >= 0.6 is 11.6 Å². The molecule has 0 atom stereocenters. The molecule has 110 valence electrons. The zero-order valence-electron chi connectivity index (χ0n) is 11.6. The number of rotatable bonds is 2. The zero-order valence-corrected chi connectivity index (χ0v) is 12.4. The summed E-state index contributed by atoms with van der Waals surface area (Å²) in [5.41, 5.74) is 1.45. The van der Waals surface area contributed by atoms with Crippen molar-refractivity contribution < 1.29 is 4.79 Å². The Labute approximate surface area is 128 Å². The Morgan fingerprint density at radius 1 is 1.29 bits per heavy atom. The number of hydrogen-bond acceptors (Lipinski definition) is 3. The highest BCUT2D eigenvalue weighted by molar-refractivity contribution is 6.30. The van der Waals surface area contributed by atoms with E-state index in [9.17, 15) is 4.79 Å². The first-order valence-corrected chi connectivity index (χ1v) is 7.42. The minimum atomic E-state index is 0.0342. The van der Waals surface area contributed by atoms with E-state index in [1.54, 1.807) is 17.1 Å². The molecule has 1 saturated heterocycles. The number of carbonyl (C=O) groups excluding carboxylic acids is 1. The van der Waals surface area contributed by atoms with Gasteiger partial charge in [0.1, 0.15) is 0 Å². The van der Waals surface area contributed by atoms with Gasteiger partial charge in [0.25, 0.3) is 5.91 Å². The highest BCUT2D eigenvalue weighted by atomic mass is 35.5. The maximum Gasteiger partial charge on any atom is 0.257 e. The maximum absolute atomic E-state index is 12.5. The number of halogens is 1. The summed E-state index contributed by atoms with van der Waals surface area (Å²) in [6.07, 6.45) is 4.35. The van der Waals surface area contributed by atoms with Crippen molar-refractivity contribution in [3.63, 3.8) is 0 Å². The van der Waals surface area contributed by atoms with E-state index in [2.05, 4.69) is 10.4 Å². The van der Waals surface area contributed by atoms with Crippen LogP contribution < -0.4 is 5.32 Å². The van der Waals surface area contributed by atoms with Gasteiger partial charge < -0.3 is 10.2 Å². The molecule has 21 heavy (non-hydrogen) atoms. The lowest BCUT2D eigenvalue weighted by Gasteiger charge is -2.18. The number of benzene rings is 1. The van der Waals surface area contributed by atoms with Crippen LogP contribution in [0.1, 0.15) is 16.8 Å². The normalized spacial score (nSPS) is 15.8. The third-order valence-electron chi connectivity index (χ3n) is 3.53. The molecule has 0 unspecified atom stereocenters. The fraction of sp³-hybridized carbons (Fsp3) is 0.333. The van der Waals surface area contributed by atoms with Crippen LogP contribution in [0.3, 0.4) is 0 Å². The average Bonchev–Trinajstić information content (AvgIpc) is 2.82. The lowest BCUT2D eigenvalue weighted by Crippen LogP contribution is -2.33. The van der Waals surface area contributed by atoms with Gasteiger partial charge >= 0.3 is 0 Å². The summed E-state index contributed by atoms with van der Waals surface area (Å²) >= 11 is 5.98. The number of hydrogen-bond donors (Lipinski definition) is 1. The predicted octanol–water partition coefficient (Wildman–Crippen LogP) is 1.96. The summed E-state index contributed by atoms with van der Waals surface area (Å²) in [5, 5.41) is 8.20. The van der Waals surface area contributed by atoms with Crippen molar-refractivity contribution in [2.24, 2.45) is 0 Å². The Kier molecular flexibility index (Phi) is 4.22. The molecule has 0 radical (unpaired) electrons. The summed E-state index contributed by atoms with van der Waals surface area (Å²) in [6, 6.07) is 7.40. The van der Waals surface area contributed by atoms with E-state index < -0.39 is 0 Å². The van der Waals surface area contributed by atoms with Gasteiger partial charge in [0.2, 0.25) is 0 Å². The molecule has 1 aliphatic rings. The third-order valence-corrected chi connectivity index (χ3v) is 3.76. The van der Waals surface area contributed by atoms with Gasteiger partial charge in [-0.1, -0.05) is 17.7 Å². The largest absolute Gasteiger partial charge is 0.337 e. The van der Waals surface area contributed by atoms with Crippen LogP contribution in [0.5, 0.6) is 0 Å². The SMILES string of the molecule is O=C(c1cnn(-c2cccc(Cl)c2)c1)N1CCCNCC1. The fourth-order valence-electron chi connectivity index (χ4n) is 2.42.